The van der Waals surface area contributed by atoms with Crippen molar-refractivity contribution in [3.8, 4) is 11.5 Å². The number of amides is 2. The van der Waals surface area contributed by atoms with Crippen LogP contribution in [0.2, 0.25) is 0 Å². The van der Waals surface area contributed by atoms with Gasteiger partial charge in [-0.2, -0.15) is 0 Å². The number of aliphatic hydroxyl groups excluding tert-OH is 2. The van der Waals surface area contributed by atoms with Gasteiger partial charge in [-0.15, -0.1) is 0 Å². The number of morpholine rings is 1. The van der Waals surface area contributed by atoms with Crippen LogP contribution in [0.1, 0.15) is 48.9 Å². The molecule has 3 unspecified atom stereocenters. The Balaban J connectivity index is 1.64. The number of ether oxygens (including phenoxy) is 3. The fourth-order valence-electron chi connectivity index (χ4n) is 5.97. The van der Waals surface area contributed by atoms with E-state index >= 15 is 0 Å². The van der Waals surface area contributed by atoms with Crippen molar-refractivity contribution in [3.05, 3.63) is 32.9 Å². The van der Waals surface area contributed by atoms with Crippen molar-refractivity contribution in [2.24, 2.45) is 5.92 Å². The van der Waals surface area contributed by atoms with Gasteiger partial charge >= 0.3 is 0 Å². The average molecular weight is 700 g/mol. The maximum atomic E-state index is 13.9. The van der Waals surface area contributed by atoms with E-state index in [0.717, 1.165) is 38.8 Å². The van der Waals surface area contributed by atoms with Crippen molar-refractivity contribution >= 4 is 40.7 Å². The van der Waals surface area contributed by atoms with Crippen LogP contribution >= 0.6 is 22.6 Å². The van der Waals surface area contributed by atoms with E-state index in [1.54, 1.807) is 23.1 Å². The summed E-state index contributed by atoms with van der Waals surface area (Å²) >= 11 is 2.04. The van der Waals surface area contributed by atoms with Crippen LogP contribution in [0.3, 0.4) is 0 Å². The first-order valence-corrected chi connectivity index (χ1v) is 15.8. The molecule has 1 aliphatic heterocycles. The number of benzene rings is 1. The summed E-state index contributed by atoms with van der Waals surface area (Å²) in [5.41, 5.74) is 0.782. The zero-order chi connectivity index (χ0) is 30.1. The highest BCUT2D eigenvalue weighted by Gasteiger charge is 2.41. The molecule has 3 aliphatic rings. The average Bonchev–Trinajstić information content (AvgIpc) is 3.51. The fraction of sp³-hybridized carbons (Fsp3) is 0.633. The number of carbonyl (C=O) groups excluding carboxylic acids is 3. The molecule has 2 amide bonds. The molecule has 1 saturated carbocycles. The van der Waals surface area contributed by atoms with Gasteiger partial charge in [0.05, 0.1) is 36.5 Å². The standard InChI is InChI=1S/C30H42IN3O8/c1-40-26-15-21(19-36)14-23(31)29(26)42-25-18-22(30(39)32-6-11-35)17-24(28(25)38)34(8-7-33-9-12-41-13-10-33)27(37)16-20-4-2-3-5-20/h14-15,18-20,24-25,28,35,38H,2-13,16-17H2,1H3,(H,32,39). The molecule has 1 aromatic rings. The lowest BCUT2D eigenvalue weighted by Crippen LogP contribution is -2.57. The lowest BCUT2D eigenvalue weighted by molar-refractivity contribution is -0.140. The number of aliphatic hydroxyl groups is 2. The summed E-state index contributed by atoms with van der Waals surface area (Å²) in [5.74, 6) is 0.555. The first-order chi connectivity index (χ1) is 20.3. The molecule has 0 aromatic heterocycles. The quantitative estimate of drug-likeness (QED) is 0.208. The number of halogens is 1. The van der Waals surface area contributed by atoms with Crippen molar-refractivity contribution in [2.75, 3.05) is 59.7 Å². The van der Waals surface area contributed by atoms with Gasteiger partial charge in [0.1, 0.15) is 18.5 Å². The number of aldehydes is 1. The van der Waals surface area contributed by atoms with E-state index in [9.17, 15) is 24.6 Å². The van der Waals surface area contributed by atoms with E-state index in [0.29, 0.717) is 71.1 Å². The normalized spacial score (nSPS) is 23.2. The Morgan fingerprint density at radius 3 is 2.64 bits per heavy atom. The summed E-state index contributed by atoms with van der Waals surface area (Å²) in [6.07, 6.45) is 5.02. The lowest BCUT2D eigenvalue weighted by Gasteiger charge is -2.42. The highest BCUT2D eigenvalue weighted by atomic mass is 127. The van der Waals surface area contributed by atoms with Crippen molar-refractivity contribution in [1.82, 2.24) is 15.1 Å². The third kappa shape index (κ3) is 8.43. The largest absolute Gasteiger partial charge is 0.493 e. The summed E-state index contributed by atoms with van der Waals surface area (Å²) in [5, 5.41) is 23.7. The smallest absolute Gasteiger partial charge is 0.247 e. The van der Waals surface area contributed by atoms with Gasteiger partial charge in [-0.3, -0.25) is 19.3 Å². The highest BCUT2D eigenvalue weighted by Crippen LogP contribution is 2.37. The number of nitrogens with zero attached hydrogens (tertiary/aromatic N) is 2. The van der Waals surface area contributed by atoms with Gasteiger partial charge in [0, 0.05) is 56.7 Å². The molecule has 3 N–H and O–H groups in total. The zero-order valence-corrected chi connectivity index (χ0v) is 26.3. The highest BCUT2D eigenvalue weighted by molar-refractivity contribution is 14.1. The van der Waals surface area contributed by atoms with Crippen LogP contribution in [0.15, 0.2) is 23.8 Å². The SMILES string of the molecule is COc1cc(C=O)cc(I)c1OC1C=C(C(=O)NCCO)CC(N(CCN2CCOCC2)C(=O)CC2CCCC2)C1O. The van der Waals surface area contributed by atoms with Crippen molar-refractivity contribution < 1.29 is 38.8 Å². The Bertz CT molecular complexity index is 1120. The van der Waals surface area contributed by atoms with Gasteiger partial charge < -0.3 is 34.6 Å². The van der Waals surface area contributed by atoms with E-state index in [1.807, 2.05) is 22.6 Å². The second-order valence-electron chi connectivity index (χ2n) is 11.1. The number of nitrogens with one attached hydrogen (secondary N) is 1. The van der Waals surface area contributed by atoms with Gasteiger partial charge in [0.15, 0.2) is 11.5 Å². The van der Waals surface area contributed by atoms with Gasteiger partial charge in [-0.1, -0.05) is 12.8 Å². The monoisotopic (exact) mass is 699 g/mol. The summed E-state index contributed by atoms with van der Waals surface area (Å²) < 4.78 is 17.9. The molecule has 2 aliphatic carbocycles. The van der Waals surface area contributed by atoms with E-state index in [-0.39, 0.29) is 31.4 Å². The molecule has 11 nitrogen and oxygen atoms in total. The summed E-state index contributed by atoms with van der Waals surface area (Å²) in [4.78, 5) is 42.4. The molecule has 1 saturated heterocycles. The van der Waals surface area contributed by atoms with Crippen LogP contribution in [-0.4, -0.2) is 116 Å². The van der Waals surface area contributed by atoms with Crippen LogP contribution in [0.25, 0.3) is 0 Å². The Labute approximate surface area is 260 Å². The molecule has 12 heteroatoms. The Hall–Kier alpha value is -2.26. The molecule has 0 bridgehead atoms. The molecule has 0 radical (unpaired) electrons. The molecule has 1 aromatic carbocycles. The predicted molar refractivity (Wildman–Crippen MR) is 164 cm³/mol. The minimum absolute atomic E-state index is 0.0301. The van der Waals surface area contributed by atoms with Crippen LogP contribution in [0.4, 0.5) is 0 Å². The second kappa shape index (κ2) is 16.0. The maximum Gasteiger partial charge on any atom is 0.247 e. The second-order valence-corrected chi connectivity index (χ2v) is 12.2. The van der Waals surface area contributed by atoms with Gasteiger partial charge in [-0.05, 0) is 59.6 Å². The molecular weight excluding hydrogens is 657 g/mol. The molecule has 2 fully saturated rings. The third-order valence-corrected chi connectivity index (χ3v) is 9.08. The lowest BCUT2D eigenvalue weighted by atomic mass is 9.87. The molecular formula is C30H42IN3O8. The predicted octanol–water partition coefficient (Wildman–Crippen LogP) is 1.77. The molecule has 0 spiro atoms. The van der Waals surface area contributed by atoms with Crippen LogP contribution in [-0.2, 0) is 14.3 Å². The Morgan fingerprint density at radius 2 is 1.98 bits per heavy atom. The Morgan fingerprint density at radius 1 is 1.24 bits per heavy atom. The van der Waals surface area contributed by atoms with Gasteiger partial charge in [0.25, 0.3) is 0 Å². The summed E-state index contributed by atoms with van der Waals surface area (Å²) in [6, 6.07) is 2.49. The minimum Gasteiger partial charge on any atom is -0.493 e. The van der Waals surface area contributed by atoms with Crippen molar-refractivity contribution in [2.45, 2.75) is 56.8 Å². The molecule has 232 valence electrons. The molecule has 1 heterocycles. The number of carbonyl (C=O) groups is 3. The number of hydrogen-bond donors (Lipinski definition) is 3. The fourth-order valence-corrected chi connectivity index (χ4v) is 6.72. The number of methoxy groups -OCH3 is 1. The number of rotatable bonds is 13. The molecule has 3 atom stereocenters. The maximum absolute atomic E-state index is 13.9. The van der Waals surface area contributed by atoms with Crippen LogP contribution < -0.4 is 14.8 Å². The first kappa shape index (κ1) is 32.6. The van der Waals surface area contributed by atoms with Crippen LogP contribution in [0.5, 0.6) is 11.5 Å². The zero-order valence-electron chi connectivity index (χ0n) is 24.1. The van der Waals surface area contributed by atoms with E-state index < -0.39 is 18.2 Å². The van der Waals surface area contributed by atoms with E-state index in [1.165, 1.54) is 7.11 Å². The van der Waals surface area contributed by atoms with Crippen molar-refractivity contribution in [3.63, 3.8) is 0 Å². The van der Waals surface area contributed by atoms with Crippen LogP contribution in [0, 0.1) is 9.49 Å². The van der Waals surface area contributed by atoms with Crippen molar-refractivity contribution in [1.29, 1.82) is 0 Å². The topological polar surface area (TPSA) is 138 Å². The molecule has 4 rings (SSSR count). The Kier molecular flexibility index (Phi) is 12.4. The van der Waals surface area contributed by atoms with Gasteiger partial charge in [0.2, 0.25) is 11.8 Å². The first-order valence-electron chi connectivity index (χ1n) is 14.7. The molecule has 42 heavy (non-hydrogen) atoms. The van der Waals surface area contributed by atoms with Gasteiger partial charge in [-0.25, -0.2) is 0 Å². The summed E-state index contributed by atoms with van der Waals surface area (Å²) in [7, 11) is 1.46. The summed E-state index contributed by atoms with van der Waals surface area (Å²) in [6.45, 7) is 3.72. The van der Waals surface area contributed by atoms with E-state index in [4.69, 9.17) is 14.2 Å². The minimum atomic E-state index is -1.14. The number of hydrogen-bond acceptors (Lipinski definition) is 9. The van der Waals surface area contributed by atoms with E-state index in [2.05, 4.69) is 10.2 Å². The third-order valence-electron chi connectivity index (χ3n) is 8.28.